The van der Waals surface area contributed by atoms with Crippen molar-refractivity contribution in [3.05, 3.63) is 51.7 Å². The number of amides is 2. The van der Waals surface area contributed by atoms with Crippen LogP contribution in [0.5, 0.6) is 0 Å². The van der Waals surface area contributed by atoms with Crippen LogP contribution in [0.1, 0.15) is 47.2 Å². The van der Waals surface area contributed by atoms with Crippen molar-refractivity contribution in [3.63, 3.8) is 0 Å². The van der Waals surface area contributed by atoms with Gasteiger partial charge < -0.3 is 15.2 Å². The van der Waals surface area contributed by atoms with Gasteiger partial charge in [-0.25, -0.2) is 0 Å². The lowest BCUT2D eigenvalue weighted by Crippen LogP contribution is -2.18. The molecule has 2 amide bonds. The number of anilines is 2. The number of fused-ring (bicyclic) bond motifs is 1. The zero-order valence-electron chi connectivity index (χ0n) is 19.8. The summed E-state index contributed by atoms with van der Waals surface area (Å²) in [4.78, 5) is 26.2. The topological polar surface area (TPSA) is 113 Å². The number of aromatic nitrogens is 3. The smallest absolute Gasteiger partial charge is 0.326 e. The number of hydrogen-bond acceptors (Lipinski definition) is 7. The van der Waals surface area contributed by atoms with Crippen LogP contribution in [0.4, 0.5) is 23.9 Å². The third-order valence-corrected chi connectivity index (χ3v) is 7.94. The van der Waals surface area contributed by atoms with E-state index in [2.05, 4.69) is 26.9 Å². The minimum absolute atomic E-state index is 0.0284. The average molecular weight is 549 g/mol. The van der Waals surface area contributed by atoms with Gasteiger partial charge in [0.1, 0.15) is 16.9 Å². The van der Waals surface area contributed by atoms with E-state index in [0.717, 1.165) is 60.0 Å². The Morgan fingerprint density at radius 2 is 1.97 bits per heavy atom. The normalized spacial score (nSPS) is 13.1. The van der Waals surface area contributed by atoms with Crippen LogP contribution in [0.2, 0.25) is 0 Å². The van der Waals surface area contributed by atoms with Crippen LogP contribution in [-0.4, -0.2) is 32.3 Å². The standard InChI is InChI=1S/C24H23F3N6O2S2/c1-2-33-19(11-20(34)29-15-7-5-6-14(10-15)24(25,26)27)31-32-23(33)36-13-21(35)30-22-17(12-28)16-8-3-4-9-18(16)37-22/h5-7,10H,2-4,8-9,11,13H2,1H3,(H,29,34)(H,30,35). The second kappa shape index (κ2) is 11.4. The van der Waals surface area contributed by atoms with Crippen molar-refractivity contribution in [2.75, 3.05) is 16.4 Å². The molecular formula is C24H23F3N6O2S2. The van der Waals surface area contributed by atoms with Crippen LogP contribution in [0, 0.1) is 11.3 Å². The van der Waals surface area contributed by atoms with Gasteiger partial charge in [0, 0.05) is 17.1 Å². The molecule has 13 heteroatoms. The molecule has 8 nitrogen and oxygen atoms in total. The maximum Gasteiger partial charge on any atom is 0.416 e. The van der Waals surface area contributed by atoms with Crippen LogP contribution < -0.4 is 10.6 Å². The molecule has 2 N–H and O–H groups in total. The molecule has 194 valence electrons. The second-order valence-electron chi connectivity index (χ2n) is 8.31. The van der Waals surface area contributed by atoms with Gasteiger partial charge in [-0.1, -0.05) is 17.8 Å². The number of thioether (sulfide) groups is 1. The van der Waals surface area contributed by atoms with Crippen molar-refractivity contribution in [1.82, 2.24) is 14.8 Å². The molecule has 1 aliphatic carbocycles. The maximum atomic E-state index is 12.9. The average Bonchev–Trinajstić information content (AvgIpc) is 3.41. The first-order valence-corrected chi connectivity index (χ1v) is 13.4. The Hall–Kier alpha value is -3.37. The van der Waals surface area contributed by atoms with Gasteiger partial charge in [-0.3, -0.25) is 9.59 Å². The molecule has 0 unspecified atom stereocenters. The summed E-state index contributed by atoms with van der Waals surface area (Å²) in [6.45, 7) is 2.26. The SMILES string of the molecule is CCn1c(CC(=O)Nc2cccc(C(F)(F)F)c2)nnc1SCC(=O)Nc1sc2c(c1C#N)CCCC2. The lowest BCUT2D eigenvalue weighted by molar-refractivity contribution is -0.137. The Labute approximate surface area is 219 Å². The Kier molecular flexibility index (Phi) is 8.19. The summed E-state index contributed by atoms with van der Waals surface area (Å²) in [5, 5.41) is 24.0. The zero-order chi connectivity index (χ0) is 26.6. The minimum Gasteiger partial charge on any atom is -0.326 e. The van der Waals surface area contributed by atoms with E-state index >= 15 is 0 Å². The highest BCUT2D eigenvalue weighted by Gasteiger charge is 2.30. The van der Waals surface area contributed by atoms with Gasteiger partial charge in [0.2, 0.25) is 11.8 Å². The van der Waals surface area contributed by atoms with Crippen molar-refractivity contribution >= 4 is 45.6 Å². The second-order valence-corrected chi connectivity index (χ2v) is 10.4. The quantitative estimate of drug-likeness (QED) is 0.382. The molecule has 2 aromatic heterocycles. The molecule has 37 heavy (non-hydrogen) atoms. The summed E-state index contributed by atoms with van der Waals surface area (Å²) < 4.78 is 40.4. The largest absolute Gasteiger partial charge is 0.416 e. The lowest BCUT2D eigenvalue weighted by atomic mass is 9.96. The van der Waals surface area contributed by atoms with Crippen LogP contribution in [0.25, 0.3) is 0 Å². The predicted molar refractivity (Wildman–Crippen MR) is 135 cm³/mol. The number of nitrogens with zero attached hydrogens (tertiary/aromatic N) is 4. The fourth-order valence-corrected chi connectivity index (χ4v) is 6.14. The van der Waals surface area contributed by atoms with E-state index in [9.17, 15) is 28.0 Å². The molecule has 4 rings (SSSR count). The van der Waals surface area contributed by atoms with Crippen molar-refractivity contribution in [2.45, 2.75) is 56.9 Å². The third kappa shape index (κ3) is 6.31. The monoisotopic (exact) mass is 548 g/mol. The van der Waals surface area contributed by atoms with Gasteiger partial charge in [0.25, 0.3) is 0 Å². The summed E-state index contributed by atoms with van der Waals surface area (Å²) in [5.74, 6) is -0.467. The highest BCUT2D eigenvalue weighted by Crippen LogP contribution is 2.37. The van der Waals surface area contributed by atoms with E-state index < -0.39 is 17.6 Å². The van der Waals surface area contributed by atoms with E-state index in [4.69, 9.17) is 0 Å². The number of nitrogens with one attached hydrogen (secondary N) is 2. The molecule has 3 aromatic rings. The molecule has 1 aromatic carbocycles. The van der Waals surface area contributed by atoms with Gasteiger partial charge in [0.05, 0.1) is 23.3 Å². The fourth-order valence-electron chi connectivity index (χ4n) is 4.06. The fraction of sp³-hybridized carbons (Fsp3) is 0.375. The molecule has 1 aliphatic rings. The van der Waals surface area contributed by atoms with Crippen molar-refractivity contribution in [3.8, 4) is 6.07 Å². The number of alkyl halides is 3. The van der Waals surface area contributed by atoms with Crippen LogP contribution >= 0.6 is 23.1 Å². The highest BCUT2D eigenvalue weighted by molar-refractivity contribution is 7.99. The van der Waals surface area contributed by atoms with E-state index in [1.165, 1.54) is 23.5 Å². The van der Waals surface area contributed by atoms with Gasteiger partial charge in [-0.2, -0.15) is 18.4 Å². The van der Waals surface area contributed by atoms with Gasteiger partial charge >= 0.3 is 6.18 Å². The maximum absolute atomic E-state index is 12.9. The summed E-state index contributed by atoms with van der Waals surface area (Å²) in [6, 6.07) is 6.61. The summed E-state index contributed by atoms with van der Waals surface area (Å²) >= 11 is 2.60. The number of carbonyl (C=O) groups is 2. The molecule has 0 spiro atoms. The highest BCUT2D eigenvalue weighted by atomic mass is 32.2. The molecule has 0 saturated heterocycles. The summed E-state index contributed by atoms with van der Waals surface area (Å²) in [6.07, 6.45) is -0.827. The number of carbonyl (C=O) groups excluding carboxylic acids is 2. The van der Waals surface area contributed by atoms with Gasteiger partial charge in [-0.15, -0.1) is 21.5 Å². The van der Waals surface area contributed by atoms with Crippen molar-refractivity contribution in [2.24, 2.45) is 0 Å². The number of benzene rings is 1. The van der Waals surface area contributed by atoms with Crippen molar-refractivity contribution in [1.29, 1.82) is 5.26 Å². The Bertz CT molecular complexity index is 1360. The van der Waals surface area contributed by atoms with Crippen LogP contribution in [0.3, 0.4) is 0 Å². The molecule has 0 saturated carbocycles. The number of hydrogen-bond donors (Lipinski definition) is 2. The Morgan fingerprint density at radius 3 is 2.70 bits per heavy atom. The van der Waals surface area contributed by atoms with E-state index in [0.29, 0.717) is 28.1 Å². The van der Waals surface area contributed by atoms with Crippen LogP contribution in [-0.2, 0) is 41.6 Å². The number of aryl methyl sites for hydroxylation is 1. The van der Waals surface area contributed by atoms with Crippen LogP contribution in [0.15, 0.2) is 29.4 Å². The number of halogens is 3. The minimum atomic E-state index is -4.51. The van der Waals surface area contributed by atoms with Gasteiger partial charge in [0.15, 0.2) is 5.16 Å². The molecular weight excluding hydrogens is 525 g/mol. The number of nitriles is 1. The first-order chi connectivity index (χ1) is 17.7. The molecule has 0 bridgehead atoms. The van der Waals surface area contributed by atoms with E-state index in [-0.39, 0.29) is 23.8 Å². The first-order valence-electron chi connectivity index (χ1n) is 11.6. The number of thiophene rings is 1. The molecule has 2 heterocycles. The van der Waals surface area contributed by atoms with E-state index in [1.54, 1.807) is 4.57 Å². The molecule has 0 fully saturated rings. The van der Waals surface area contributed by atoms with Crippen molar-refractivity contribution < 1.29 is 22.8 Å². The molecule has 0 aliphatic heterocycles. The predicted octanol–water partition coefficient (Wildman–Crippen LogP) is 5.04. The Morgan fingerprint density at radius 1 is 1.19 bits per heavy atom. The molecule has 0 radical (unpaired) electrons. The van der Waals surface area contributed by atoms with Gasteiger partial charge in [-0.05, 0) is 56.4 Å². The lowest BCUT2D eigenvalue weighted by Gasteiger charge is -2.10. The first kappa shape index (κ1) is 26.7. The Balaban J connectivity index is 1.36. The van der Waals surface area contributed by atoms with E-state index in [1.807, 2.05) is 6.92 Å². The number of rotatable bonds is 8. The summed E-state index contributed by atoms with van der Waals surface area (Å²) in [7, 11) is 0. The molecule has 0 atom stereocenters. The third-order valence-electron chi connectivity index (χ3n) is 5.77. The summed E-state index contributed by atoms with van der Waals surface area (Å²) in [5.41, 5.74) is 0.758. The zero-order valence-corrected chi connectivity index (χ0v) is 21.4.